The Labute approximate surface area is 98.4 Å². The molecule has 2 heteroatoms. The van der Waals surface area contributed by atoms with Gasteiger partial charge in [0.1, 0.15) is 0 Å². The molecule has 0 radical (unpaired) electrons. The molecule has 2 nitrogen and oxygen atoms in total. The van der Waals surface area contributed by atoms with Crippen LogP contribution in [0.4, 0.5) is 0 Å². The molecule has 0 unspecified atom stereocenters. The monoisotopic (exact) mass is 222 g/mol. The van der Waals surface area contributed by atoms with Crippen LogP contribution in [0.5, 0.6) is 0 Å². The Bertz CT molecular complexity index is 320. The third-order valence-electron chi connectivity index (χ3n) is 3.24. The molecular formula is C14H22O2. The van der Waals surface area contributed by atoms with E-state index in [0.717, 1.165) is 0 Å². The van der Waals surface area contributed by atoms with E-state index in [1.807, 2.05) is 13.0 Å². The number of carbonyl (C=O) groups is 1. The third kappa shape index (κ3) is 2.97. The van der Waals surface area contributed by atoms with Crippen molar-refractivity contribution in [2.45, 2.75) is 34.6 Å². The molecule has 1 aliphatic carbocycles. The second-order valence-corrected chi connectivity index (χ2v) is 5.23. The Hall–Kier alpha value is -1.05. The summed E-state index contributed by atoms with van der Waals surface area (Å²) >= 11 is 0. The van der Waals surface area contributed by atoms with E-state index in [4.69, 9.17) is 4.74 Å². The van der Waals surface area contributed by atoms with Gasteiger partial charge in [0.2, 0.25) is 0 Å². The molecule has 16 heavy (non-hydrogen) atoms. The molecule has 0 saturated heterocycles. The van der Waals surface area contributed by atoms with Crippen LogP contribution in [0, 0.1) is 17.3 Å². The average Bonchev–Trinajstić information content (AvgIpc) is 2.64. The quantitative estimate of drug-likeness (QED) is 0.414. The first kappa shape index (κ1) is 13.0. The largest absolute Gasteiger partial charge is 0.463 e. The average molecular weight is 222 g/mol. The lowest BCUT2D eigenvalue weighted by Crippen LogP contribution is -1.99. The normalized spacial score (nSPS) is 26.6. The molecule has 0 spiro atoms. The minimum Gasteiger partial charge on any atom is -0.463 e. The van der Waals surface area contributed by atoms with Crippen LogP contribution in [-0.2, 0) is 9.53 Å². The van der Waals surface area contributed by atoms with Crippen molar-refractivity contribution in [3.05, 3.63) is 23.8 Å². The van der Waals surface area contributed by atoms with E-state index >= 15 is 0 Å². The molecule has 0 bridgehead atoms. The molecule has 1 aliphatic rings. The number of esters is 1. The molecule has 0 aliphatic heterocycles. The maximum atomic E-state index is 11.2. The number of rotatable bonds is 4. The van der Waals surface area contributed by atoms with Crippen molar-refractivity contribution in [3.63, 3.8) is 0 Å². The lowest BCUT2D eigenvalue weighted by molar-refractivity contribution is -0.137. The Kier molecular flexibility index (Phi) is 3.95. The van der Waals surface area contributed by atoms with Gasteiger partial charge in [0.25, 0.3) is 0 Å². The van der Waals surface area contributed by atoms with Gasteiger partial charge in [-0.2, -0.15) is 0 Å². The van der Waals surface area contributed by atoms with Crippen LogP contribution in [0.1, 0.15) is 34.6 Å². The van der Waals surface area contributed by atoms with Gasteiger partial charge in [-0.15, -0.1) is 0 Å². The molecule has 1 rings (SSSR count). The number of hydrogen-bond acceptors (Lipinski definition) is 2. The maximum absolute atomic E-state index is 11.2. The van der Waals surface area contributed by atoms with Crippen molar-refractivity contribution < 1.29 is 9.53 Å². The van der Waals surface area contributed by atoms with Crippen LogP contribution in [0.2, 0.25) is 0 Å². The number of carbonyl (C=O) groups excluding carboxylic acids is 1. The van der Waals surface area contributed by atoms with Crippen LogP contribution in [0.25, 0.3) is 0 Å². The summed E-state index contributed by atoms with van der Waals surface area (Å²) in [4.78, 5) is 11.2. The predicted octanol–water partition coefficient (Wildman–Crippen LogP) is 3.34. The topological polar surface area (TPSA) is 26.3 Å². The van der Waals surface area contributed by atoms with E-state index < -0.39 is 0 Å². The summed E-state index contributed by atoms with van der Waals surface area (Å²) in [7, 11) is 0. The molecule has 1 fully saturated rings. The van der Waals surface area contributed by atoms with E-state index in [9.17, 15) is 4.79 Å². The zero-order valence-corrected chi connectivity index (χ0v) is 10.9. The van der Waals surface area contributed by atoms with Crippen molar-refractivity contribution in [1.29, 1.82) is 0 Å². The van der Waals surface area contributed by atoms with Gasteiger partial charge in [0.05, 0.1) is 6.61 Å². The number of hydrogen-bond donors (Lipinski definition) is 0. The summed E-state index contributed by atoms with van der Waals surface area (Å²) in [6.07, 6.45) is 5.84. The maximum Gasteiger partial charge on any atom is 0.330 e. The molecular weight excluding hydrogens is 200 g/mol. The van der Waals surface area contributed by atoms with Crippen molar-refractivity contribution in [2.24, 2.45) is 17.3 Å². The van der Waals surface area contributed by atoms with Crippen LogP contribution in [0.15, 0.2) is 23.8 Å². The highest BCUT2D eigenvalue weighted by Crippen LogP contribution is 2.60. The number of ether oxygens (including phenoxy) is 1. The lowest BCUT2D eigenvalue weighted by Gasteiger charge is -1.97. The second kappa shape index (κ2) is 4.86. The molecule has 0 amide bonds. The summed E-state index contributed by atoms with van der Waals surface area (Å²) in [5.41, 5.74) is 1.62. The van der Waals surface area contributed by atoms with E-state index in [-0.39, 0.29) is 11.4 Å². The van der Waals surface area contributed by atoms with Crippen molar-refractivity contribution in [3.8, 4) is 0 Å². The molecule has 0 aromatic rings. The fourth-order valence-electron chi connectivity index (χ4n) is 2.14. The number of allylic oxidation sites excluding steroid dienone is 3. The standard InChI is InChI=1S/C14H22O2/c1-6-16-13(15)8-7-11-12(9-10(2)3)14(11,4)5/h7-9,11-12H,6H2,1-5H3/b8-7+/t11-,12-/m0/s1. The van der Waals surface area contributed by atoms with Gasteiger partial charge < -0.3 is 4.74 Å². The summed E-state index contributed by atoms with van der Waals surface area (Å²) in [6, 6.07) is 0. The first-order valence-electron chi connectivity index (χ1n) is 5.89. The zero-order valence-electron chi connectivity index (χ0n) is 10.9. The molecule has 1 saturated carbocycles. The summed E-state index contributed by atoms with van der Waals surface area (Å²) in [5, 5.41) is 0. The minimum atomic E-state index is -0.235. The van der Waals surface area contributed by atoms with E-state index in [1.54, 1.807) is 6.08 Å². The first-order valence-corrected chi connectivity index (χ1v) is 5.89. The smallest absolute Gasteiger partial charge is 0.330 e. The third-order valence-corrected chi connectivity index (χ3v) is 3.24. The lowest BCUT2D eigenvalue weighted by atomic mass is 10.1. The van der Waals surface area contributed by atoms with Crippen molar-refractivity contribution >= 4 is 5.97 Å². The van der Waals surface area contributed by atoms with Gasteiger partial charge in [0.15, 0.2) is 0 Å². The summed E-state index contributed by atoms with van der Waals surface area (Å²) in [6.45, 7) is 10.9. The van der Waals surface area contributed by atoms with E-state index in [0.29, 0.717) is 18.4 Å². The highest BCUT2D eigenvalue weighted by molar-refractivity contribution is 5.82. The molecule has 0 N–H and O–H groups in total. The minimum absolute atomic E-state index is 0.235. The van der Waals surface area contributed by atoms with E-state index in [1.165, 1.54) is 5.57 Å². The van der Waals surface area contributed by atoms with Crippen LogP contribution < -0.4 is 0 Å². The van der Waals surface area contributed by atoms with Crippen LogP contribution in [-0.4, -0.2) is 12.6 Å². The zero-order chi connectivity index (χ0) is 12.3. The van der Waals surface area contributed by atoms with Gasteiger partial charge in [0, 0.05) is 6.08 Å². The van der Waals surface area contributed by atoms with E-state index in [2.05, 4.69) is 33.8 Å². The Morgan fingerprint density at radius 3 is 2.44 bits per heavy atom. The summed E-state index contributed by atoms with van der Waals surface area (Å²) < 4.78 is 4.86. The fraction of sp³-hybridized carbons (Fsp3) is 0.643. The van der Waals surface area contributed by atoms with Crippen molar-refractivity contribution in [1.82, 2.24) is 0 Å². The summed E-state index contributed by atoms with van der Waals surface area (Å²) in [5.74, 6) is 0.788. The van der Waals surface area contributed by atoms with Crippen molar-refractivity contribution in [2.75, 3.05) is 6.61 Å². The van der Waals surface area contributed by atoms with Gasteiger partial charge in [-0.25, -0.2) is 4.79 Å². The molecule has 0 aromatic carbocycles. The van der Waals surface area contributed by atoms with Gasteiger partial charge in [-0.3, -0.25) is 0 Å². The SMILES string of the molecule is CCOC(=O)/C=C/[C@H]1[C@H](C=C(C)C)C1(C)C. The second-order valence-electron chi connectivity index (χ2n) is 5.23. The Balaban J connectivity index is 2.57. The predicted molar refractivity (Wildman–Crippen MR) is 66.0 cm³/mol. The first-order chi connectivity index (χ1) is 7.39. The highest BCUT2D eigenvalue weighted by atomic mass is 16.5. The highest BCUT2D eigenvalue weighted by Gasteiger charge is 2.54. The Morgan fingerprint density at radius 2 is 1.94 bits per heavy atom. The molecule has 0 heterocycles. The molecule has 90 valence electrons. The Morgan fingerprint density at radius 1 is 1.31 bits per heavy atom. The van der Waals surface area contributed by atoms with Gasteiger partial charge >= 0.3 is 5.97 Å². The van der Waals surface area contributed by atoms with Gasteiger partial charge in [-0.1, -0.05) is 31.6 Å². The van der Waals surface area contributed by atoms with Gasteiger partial charge in [-0.05, 0) is 38.0 Å². The fourth-order valence-corrected chi connectivity index (χ4v) is 2.14. The van der Waals surface area contributed by atoms with Crippen LogP contribution in [0.3, 0.4) is 0 Å². The molecule has 0 aromatic heterocycles. The molecule has 2 atom stereocenters. The van der Waals surface area contributed by atoms with Crippen LogP contribution >= 0.6 is 0 Å².